The third-order valence-corrected chi connectivity index (χ3v) is 1.89. The van der Waals surface area contributed by atoms with Gasteiger partial charge in [0.05, 0.1) is 12.9 Å². The van der Waals surface area contributed by atoms with Crippen molar-refractivity contribution in [3.8, 4) is 0 Å². The van der Waals surface area contributed by atoms with Crippen LogP contribution in [0.5, 0.6) is 0 Å². The molecule has 1 aliphatic rings. The topological polar surface area (TPSA) is 21.5 Å². The second kappa shape index (κ2) is 8.11. The minimum atomic E-state index is -6.00. The number of morpholine rings is 1. The molecule has 0 unspecified atom stereocenters. The van der Waals surface area contributed by atoms with Crippen LogP contribution in [-0.2, 0) is 9.47 Å². The number of hydrogen-bond donors (Lipinski definition) is 0. The van der Waals surface area contributed by atoms with E-state index in [9.17, 15) is 17.3 Å². The monoisotopic (exact) mass is 257 g/mol. The zero-order valence-corrected chi connectivity index (χ0v) is 9.84. The average molecular weight is 257 g/mol. The molecule has 1 aliphatic heterocycles. The van der Waals surface area contributed by atoms with E-state index in [1.807, 2.05) is 13.0 Å². The molecule has 0 aliphatic carbocycles. The van der Waals surface area contributed by atoms with Gasteiger partial charge in [0.15, 0.2) is 19.3 Å². The van der Waals surface area contributed by atoms with Gasteiger partial charge in [-0.25, -0.2) is 4.58 Å². The summed E-state index contributed by atoms with van der Waals surface area (Å²) in [5, 5.41) is 0. The Hall–Kier alpha value is -1.05. The van der Waals surface area contributed by atoms with Gasteiger partial charge in [0, 0.05) is 6.08 Å². The minimum Gasteiger partial charge on any atom is -0.501 e. The molecule has 3 nitrogen and oxygen atoms in total. The normalized spacial score (nSPS) is 17.1. The summed E-state index contributed by atoms with van der Waals surface area (Å²) in [6.45, 7) is 5.56. The Labute approximate surface area is 97.8 Å². The van der Waals surface area contributed by atoms with E-state index >= 15 is 0 Å². The Bertz CT molecular complexity index is 265. The van der Waals surface area contributed by atoms with E-state index in [-0.39, 0.29) is 0 Å². The van der Waals surface area contributed by atoms with Gasteiger partial charge in [0.25, 0.3) is 0 Å². The zero-order valence-electron chi connectivity index (χ0n) is 9.84. The number of allylic oxidation sites excluding steroid dienone is 2. The molecule has 100 valence electrons. The first-order valence-electron chi connectivity index (χ1n) is 5.08. The van der Waals surface area contributed by atoms with Crippen LogP contribution >= 0.6 is 0 Å². The molecule has 0 aromatic heterocycles. The van der Waals surface area contributed by atoms with Crippen LogP contribution in [0.3, 0.4) is 0 Å². The quantitative estimate of drug-likeness (QED) is 0.326. The van der Waals surface area contributed by atoms with E-state index in [0.29, 0.717) is 0 Å². The molecule has 0 amide bonds. The first-order valence-corrected chi connectivity index (χ1v) is 5.08. The lowest BCUT2D eigenvalue weighted by molar-refractivity contribution is -0.544. The number of rotatable bonds is 2. The van der Waals surface area contributed by atoms with E-state index in [0.717, 1.165) is 32.1 Å². The highest BCUT2D eigenvalue weighted by atomic mass is 19.5. The summed E-state index contributed by atoms with van der Waals surface area (Å²) in [5.41, 5.74) is 0. The molecule has 1 saturated heterocycles. The maximum absolute atomic E-state index is 9.75. The van der Waals surface area contributed by atoms with Gasteiger partial charge in [0.1, 0.15) is 13.2 Å². The fourth-order valence-corrected chi connectivity index (χ4v) is 1.00. The predicted molar refractivity (Wildman–Crippen MR) is 57.8 cm³/mol. The van der Waals surface area contributed by atoms with Crippen molar-refractivity contribution >= 4 is 13.5 Å². The Morgan fingerprint density at radius 3 is 2.12 bits per heavy atom. The van der Waals surface area contributed by atoms with Gasteiger partial charge in [0.2, 0.25) is 0 Å². The molecule has 0 bridgehead atoms. The summed E-state index contributed by atoms with van der Waals surface area (Å²) in [7, 11) is -4.32. The van der Waals surface area contributed by atoms with Crippen molar-refractivity contribution in [3.63, 3.8) is 0 Å². The largest absolute Gasteiger partial charge is 0.673 e. The van der Waals surface area contributed by atoms with Crippen LogP contribution in [0, 0.1) is 0 Å². The van der Waals surface area contributed by atoms with Crippen LogP contribution in [0.1, 0.15) is 6.92 Å². The Balaban J connectivity index is 0.000000437. The molecule has 0 spiro atoms. The predicted octanol–water partition coefficient (Wildman–Crippen LogP) is 1.95. The molecule has 0 radical (unpaired) electrons. The molecule has 1 rings (SSSR count). The molecule has 0 aromatic carbocycles. The minimum absolute atomic E-state index is 0.830. The van der Waals surface area contributed by atoms with Gasteiger partial charge >= 0.3 is 7.25 Å². The van der Waals surface area contributed by atoms with Crippen LogP contribution in [0.2, 0.25) is 0 Å². The molecule has 1 heterocycles. The zero-order chi connectivity index (χ0) is 13.3. The van der Waals surface area contributed by atoms with E-state index in [4.69, 9.17) is 9.47 Å². The maximum atomic E-state index is 9.75. The SMILES string of the molecule is CO/C(C)=C\C=[N+]1CCOCC1.F[B-](F)(F)F. The van der Waals surface area contributed by atoms with Crippen LogP contribution in [-0.4, -0.2) is 51.5 Å². The Kier molecular flexibility index (Phi) is 7.61. The molecule has 1 fully saturated rings. The molecule has 0 atom stereocenters. The lowest BCUT2D eigenvalue weighted by atomic mass is 10.3. The van der Waals surface area contributed by atoms with E-state index in [1.165, 1.54) is 0 Å². The molecular formula is C9H16BF4NO2. The summed E-state index contributed by atoms with van der Waals surface area (Å²) in [4.78, 5) is 0. The van der Waals surface area contributed by atoms with Gasteiger partial charge in [-0.3, -0.25) is 0 Å². The van der Waals surface area contributed by atoms with Gasteiger partial charge in [-0.1, -0.05) is 0 Å². The van der Waals surface area contributed by atoms with E-state index < -0.39 is 7.25 Å². The summed E-state index contributed by atoms with van der Waals surface area (Å²) in [6.07, 6.45) is 4.03. The number of ether oxygens (including phenoxy) is 2. The van der Waals surface area contributed by atoms with Crippen LogP contribution in [0.15, 0.2) is 11.8 Å². The average Bonchev–Trinajstić information content (AvgIpc) is 2.25. The molecular weight excluding hydrogens is 241 g/mol. The second-order valence-corrected chi connectivity index (χ2v) is 3.27. The van der Waals surface area contributed by atoms with Gasteiger partial charge in [-0.15, -0.1) is 0 Å². The fraction of sp³-hybridized carbons (Fsp3) is 0.667. The standard InChI is InChI=1S/C9H16NO2.BF4/c1-9(11-2)3-4-10-5-7-12-8-6-10;2-1(3,4)5/h3-4H,5-8H2,1-2H3;/q+1;-1/b9-3-;. The van der Waals surface area contributed by atoms with Crippen molar-refractivity contribution in [1.29, 1.82) is 0 Å². The molecule has 17 heavy (non-hydrogen) atoms. The highest BCUT2D eigenvalue weighted by molar-refractivity contribution is 6.50. The fourth-order valence-electron chi connectivity index (χ4n) is 1.00. The third-order valence-electron chi connectivity index (χ3n) is 1.89. The number of halogens is 4. The number of nitrogens with zero attached hydrogens (tertiary/aromatic N) is 1. The van der Waals surface area contributed by atoms with Crippen molar-refractivity contribution in [2.75, 3.05) is 33.4 Å². The highest BCUT2D eigenvalue weighted by Crippen LogP contribution is 2.06. The van der Waals surface area contributed by atoms with Crippen molar-refractivity contribution in [1.82, 2.24) is 0 Å². The van der Waals surface area contributed by atoms with Crippen LogP contribution < -0.4 is 0 Å². The van der Waals surface area contributed by atoms with Crippen molar-refractivity contribution in [2.45, 2.75) is 6.92 Å². The van der Waals surface area contributed by atoms with E-state index in [2.05, 4.69) is 10.8 Å². The maximum Gasteiger partial charge on any atom is 0.673 e. The first kappa shape index (κ1) is 16.0. The Morgan fingerprint density at radius 1 is 1.24 bits per heavy atom. The molecule has 0 aromatic rings. The highest BCUT2D eigenvalue weighted by Gasteiger charge is 2.20. The summed E-state index contributed by atoms with van der Waals surface area (Å²) in [5.74, 6) is 0.932. The first-order chi connectivity index (χ1) is 7.83. The number of hydrogen-bond acceptors (Lipinski definition) is 2. The van der Waals surface area contributed by atoms with Gasteiger partial charge in [-0.05, 0) is 6.92 Å². The number of methoxy groups -OCH3 is 1. The molecule has 8 heteroatoms. The van der Waals surface area contributed by atoms with E-state index in [1.54, 1.807) is 7.11 Å². The second-order valence-electron chi connectivity index (χ2n) is 3.27. The summed E-state index contributed by atoms with van der Waals surface area (Å²) >= 11 is 0. The third kappa shape index (κ3) is 12.9. The van der Waals surface area contributed by atoms with Crippen LogP contribution in [0.4, 0.5) is 17.3 Å². The lowest BCUT2D eigenvalue weighted by Gasteiger charge is -2.09. The van der Waals surface area contributed by atoms with Crippen molar-refractivity contribution in [3.05, 3.63) is 11.8 Å². The van der Waals surface area contributed by atoms with Crippen LogP contribution in [0.25, 0.3) is 0 Å². The molecule has 0 saturated carbocycles. The molecule has 0 N–H and O–H groups in total. The van der Waals surface area contributed by atoms with Gasteiger partial charge in [-0.2, -0.15) is 0 Å². The summed E-state index contributed by atoms with van der Waals surface area (Å²) in [6, 6.07) is 0. The lowest BCUT2D eigenvalue weighted by Crippen LogP contribution is -2.28. The van der Waals surface area contributed by atoms with Crippen molar-refractivity contribution < 1.29 is 31.3 Å². The Morgan fingerprint density at radius 2 is 1.71 bits per heavy atom. The van der Waals surface area contributed by atoms with Crippen molar-refractivity contribution in [2.24, 2.45) is 0 Å². The van der Waals surface area contributed by atoms with Gasteiger partial charge < -0.3 is 26.7 Å². The smallest absolute Gasteiger partial charge is 0.501 e. The summed E-state index contributed by atoms with van der Waals surface area (Å²) < 4.78 is 51.5.